The molecule has 0 radical (unpaired) electrons. The Morgan fingerprint density at radius 1 is 0.500 bits per heavy atom. The van der Waals surface area contributed by atoms with Crippen LogP contribution in [0.4, 0.5) is 0 Å². The fourth-order valence-electron chi connectivity index (χ4n) is 11.5. The second-order valence-electron chi connectivity index (χ2n) is 15.5. The summed E-state index contributed by atoms with van der Waals surface area (Å²) in [4.78, 5) is 26.5. The smallest absolute Gasteiger partial charge is 0.344 e. The number of carbonyl (C=O) groups excluding carboxylic acids is 2. The highest BCUT2D eigenvalue weighted by molar-refractivity contribution is 6.11. The molecule has 0 heterocycles. The van der Waals surface area contributed by atoms with E-state index in [2.05, 4.69) is 0 Å². The average molecular weight is 595 g/mol. The number of esters is 2. The van der Waals surface area contributed by atoms with Gasteiger partial charge in [0.25, 0.3) is 0 Å². The maximum absolute atomic E-state index is 13.3. The van der Waals surface area contributed by atoms with Crippen molar-refractivity contribution in [3.8, 4) is 11.5 Å². The van der Waals surface area contributed by atoms with E-state index in [1.807, 2.05) is 48.5 Å². The Morgan fingerprint density at radius 2 is 0.773 bits per heavy atom. The summed E-state index contributed by atoms with van der Waals surface area (Å²) >= 11 is 0. The van der Waals surface area contributed by atoms with Gasteiger partial charge in [-0.05, 0) is 113 Å². The van der Waals surface area contributed by atoms with Crippen LogP contribution in [0.25, 0.3) is 21.5 Å². The fraction of sp³-hybridized carbons (Fsp3) is 0.579. The highest BCUT2D eigenvalue weighted by Gasteiger charge is 2.54. The summed E-state index contributed by atoms with van der Waals surface area (Å²) in [5, 5.41) is 3.38. The Labute approximate surface area is 258 Å². The van der Waals surface area contributed by atoms with E-state index in [4.69, 9.17) is 18.9 Å². The summed E-state index contributed by atoms with van der Waals surface area (Å²) in [6, 6.07) is 15.8. The Kier molecular flexibility index (Phi) is 6.22. The first-order chi connectivity index (χ1) is 21.4. The number of rotatable bonds is 8. The first kappa shape index (κ1) is 27.1. The van der Waals surface area contributed by atoms with Crippen molar-refractivity contribution in [3.63, 3.8) is 0 Å². The summed E-state index contributed by atoms with van der Waals surface area (Å²) < 4.78 is 25.1. The summed E-state index contributed by atoms with van der Waals surface area (Å²) in [6.45, 7) is -0.263. The van der Waals surface area contributed by atoms with Crippen LogP contribution >= 0.6 is 0 Å². The van der Waals surface area contributed by atoms with Crippen LogP contribution in [-0.4, -0.2) is 36.4 Å². The lowest BCUT2D eigenvalue weighted by molar-refractivity contribution is -0.189. The van der Waals surface area contributed by atoms with Crippen molar-refractivity contribution in [2.75, 3.05) is 13.2 Å². The number of carbonyl (C=O) groups is 2. The zero-order valence-electron chi connectivity index (χ0n) is 25.4. The predicted octanol–water partition coefficient (Wildman–Crippen LogP) is 7.77. The van der Waals surface area contributed by atoms with Crippen molar-refractivity contribution in [1.82, 2.24) is 0 Å². The van der Waals surface area contributed by atoms with E-state index < -0.39 is 0 Å². The summed E-state index contributed by atoms with van der Waals surface area (Å²) in [5.41, 5.74) is -0.580. The zero-order valence-corrected chi connectivity index (χ0v) is 25.4. The van der Waals surface area contributed by atoms with Crippen molar-refractivity contribution < 1.29 is 28.5 Å². The third-order valence-corrected chi connectivity index (χ3v) is 12.1. The molecule has 3 aromatic rings. The molecule has 8 aliphatic rings. The molecule has 11 rings (SSSR count). The van der Waals surface area contributed by atoms with E-state index in [9.17, 15) is 9.59 Å². The van der Waals surface area contributed by atoms with Gasteiger partial charge in [-0.2, -0.15) is 0 Å². The molecule has 8 fully saturated rings. The van der Waals surface area contributed by atoms with Crippen LogP contribution in [0.2, 0.25) is 0 Å². The molecule has 0 atom stereocenters. The van der Waals surface area contributed by atoms with E-state index in [1.165, 1.54) is 38.5 Å². The standard InChI is InChI=1S/C38H42O6/c39-33(43-37-15-23-9-24(16-37)11-25(10-23)17-37)21-41-35-29-5-1-2-6-30(29)36(32-8-4-3-7-31(32)35)42-22-34(40)44-38-18-26-12-27(19-38)14-28(13-26)20-38/h1-8,23-28H,9-22H2. The number of ether oxygens (including phenoxy) is 4. The molecule has 8 saturated carbocycles. The van der Waals surface area contributed by atoms with Crippen LogP contribution < -0.4 is 9.47 Å². The molecule has 6 nitrogen and oxygen atoms in total. The second kappa shape index (κ2) is 10.1. The van der Waals surface area contributed by atoms with Gasteiger partial charge < -0.3 is 18.9 Å². The zero-order chi connectivity index (χ0) is 29.5. The third-order valence-electron chi connectivity index (χ3n) is 12.1. The fourth-order valence-corrected chi connectivity index (χ4v) is 11.5. The van der Waals surface area contributed by atoms with Crippen molar-refractivity contribution >= 4 is 33.5 Å². The Balaban J connectivity index is 0.941. The number of benzene rings is 3. The molecule has 0 unspecified atom stereocenters. The summed E-state index contributed by atoms with van der Waals surface area (Å²) in [6.07, 6.45) is 13.9. The highest BCUT2D eigenvalue weighted by atomic mass is 16.6. The number of fused-ring (bicyclic) bond motifs is 2. The van der Waals surface area contributed by atoms with Gasteiger partial charge in [-0.15, -0.1) is 0 Å². The molecule has 230 valence electrons. The van der Waals surface area contributed by atoms with Crippen LogP contribution in [-0.2, 0) is 19.1 Å². The van der Waals surface area contributed by atoms with Crippen molar-refractivity contribution in [3.05, 3.63) is 48.5 Å². The van der Waals surface area contributed by atoms with Gasteiger partial charge in [0.2, 0.25) is 0 Å². The van der Waals surface area contributed by atoms with Gasteiger partial charge in [-0.3, -0.25) is 0 Å². The van der Waals surface area contributed by atoms with E-state index >= 15 is 0 Å². The van der Waals surface area contributed by atoms with Gasteiger partial charge in [0.05, 0.1) is 0 Å². The highest BCUT2D eigenvalue weighted by Crippen LogP contribution is 2.58. The first-order valence-corrected chi connectivity index (χ1v) is 17.0. The molecule has 0 saturated heterocycles. The minimum Gasteiger partial charge on any atom is -0.481 e. The van der Waals surface area contributed by atoms with E-state index in [1.54, 1.807) is 0 Å². The molecule has 0 amide bonds. The topological polar surface area (TPSA) is 71.1 Å². The second-order valence-corrected chi connectivity index (χ2v) is 15.5. The molecule has 6 heteroatoms. The molecule has 3 aromatic carbocycles. The van der Waals surface area contributed by atoms with Crippen LogP contribution in [0.1, 0.15) is 77.0 Å². The van der Waals surface area contributed by atoms with E-state index in [-0.39, 0.29) is 36.4 Å². The molecule has 0 N–H and O–H groups in total. The van der Waals surface area contributed by atoms with Gasteiger partial charge in [-0.1, -0.05) is 48.5 Å². The molecule has 8 bridgehead atoms. The van der Waals surface area contributed by atoms with Crippen molar-refractivity contribution in [2.45, 2.75) is 88.3 Å². The van der Waals surface area contributed by atoms with Crippen LogP contribution in [0.3, 0.4) is 0 Å². The Hall–Kier alpha value is -3.28. The summed E-state index contributed by atoms with van der Waals surface area (Å²) in [5.74, 6) is 4.96. The Bertz CT molecular complexity index is 1390. The lowest BCUT2D eigenvalue weighted by Crippen LogP contribution is -2.53. The van der Waals surface area contributed by atoms with Crippen LogP contribution in [0.15, 0.2) is 48.5 Å². The molecule has 0 aromatic heterocycles. The lowest BCUT2D eigenvalue weighted by atomic mass is 9.54. The third kappa shape index (κ3) is 4.66. The SMILES string of the molecule is O=C(COc1c2ccccc2c(OCC(=O)OC23CC4CC(CC(C4)C2)C3)c2ccccc12)OC12CC3CC(CC(C3)C1)C2. The number of hydrogen-bond donors (Lipinski definition) is 0. The van der Waals surface area contributed by atoms with Gasteiger partial charge in [-0.25, -0.2) is 9.59 Å². The van der Waals surface area contributed by atoms with E-state index in [0.29, 0.717) is 47.0 Å². The van der Waals surface area contributed by atoms with Gasteiger partial charge in [0.15, 0.2) is 13.2 Å². The molecule has 0 aliphatic heterocycles. The average Bonchev–Trinajstić information content (AvgIpc) is 2.97. The minimum absolute atomic E-state index is 0.132. The maximum Gasteiger partial charge on any atom is 0.344 e. The number of hydrogen-bond acceptors (Lipinski definition) is 6. The monoisotopic (exact) mass is 594 g/mol. The van der Waals surface area contributed by atoms with Gasteiger partial charge in [0, 0.05) is 21.5 Å². The quantitative estimate of drug-likeness (QED) is 0.196. The van der Waals surface area contributed by atoms with Gasteiger partial charge in [0.1, 0.15) is 22.7 Å². The maximum atomic E-state index is 13.3. The van der Waals surface area contributed by atoms with Crippen molar-refractivity contribution in [1.29, 1.82) is 0 Å². The molecule has 0 spiro atoms. The molecule has 8 aliphatic carbocycles. The summed E-state index contributed by atoms with van der Waals surface area (Å²) in [7, 11) is 0. The predicted molar refractivity (Wildman–Crippen MR) is 166 cm³/mol. The van der Waals surface area contributed by atoms with E-state index in [0.717, 1.165) is 60.1 Å². The first-order valence-electron chi connectivity index (χ1n) is 17.0. The lowest BCUT2D eigenvalue weighted by Gasteiger charge is -2.55. The van der Waals surface area contributed by atoms with Crippen LogP contribution in [0, 0.1) is 35.5 Å². The van der Waals surface area contributed by atoms with Crippen LogP contribution in [0.5, 0.6) is 11.5 Å². The van der Waals surface area contributed by atoms with Gasteiger partial charge >= 0.3 is 11.9 Å². The molecular weight excluding hydrogens is 552 g/mol. The largest absolute Gasteiger partial charge is 0.481 e. The van der Waals surface area contributed by atoms with Crippen molar-refractivity contribution in [2.24, 2.45) is 35.5 Å². The minimum atomic E-state index is -0.290. The molecule has 44 heavy (non-hydrogen) atoms. The normalized spacial score (nSPS) is 36.1. The molecular formula is C38H42O6. The Morgan fingerprint density at radius 3 is 1.05 bits per heavy atom.